The van der Waals surface area contributed by atoms with Gasteiger partial charge in [0.2, 0.25) is 15.9 Å². The van der Waals surface area contributed by atoms with E-state index in [4.69, 9.17) is 10.5 Å². The van der Waals surface area contributed by atoms with Crippen LogP contribution in [0.2, 0.25) is 0 Å². The van der Waals surface area contributed by atoms with Crippen molar-refractivity contribution < 1.29 is 17.9 Å². The van der Waals surface area contributed by atoms with Crippen LogP contribution in [0.3, 0.4) is 0 Å². The van der Waals surface area contributed by atoms with Gasteiger partial charge in [-0.15, -0.1) is 0 Å². The Bertz CT molecular complexity index is 427. The molecule has 0 aliphatic carbocycles. The van der Waals surface area contributed by atoms with Crippen molar-refractivity contribution in [1.29, 1.82) is 0 Å². The summed E-state index contributed by atoms with van der Waals surface area (Å²) in [5.41, 5.74) is 5.91. The molecule has 3 N–H and O–H groups in total. The highest BCUT2D eigenvalue weighted by Crippen LogP contribution is 2.20. The van der Waals surface area contributed by atoms with Crippen LogP contribution in [0.15, 0.2) is 0 Å². The number of piperidine rings is 1. The van der Waals surface area contributed by atoms with Gasteiger partial charge < -0.3 is 15.4 Å². The van der Waals surface area contributed by atoms with Crippen molar-refractivity contribution in [2.45, 2.75) is 44.2 Å². The standard InChI is InChI=1S/C13H27N3O4S/c1-20-10-7-12(14)13(17)16-9-4-3-5-11(16)6-8-15-21(2,18)19/h11-12,15H,3-10,14H2,1-2H3. The second-order valence-electron chi connectivity index (χ2n) is 5.52. The van der Waals surface area contributed by atoms with E-state index in [2.05, 4.69) is 4.72 Å². The first-order chi connectivity index (χ1) is 9.85. The number of likely N-dealkylation sites (tertiary alicyclic amines) is 1. The molecule has 0 aromatic rings. The first kappa shape index (κ1) is 18.3. The molecule has 124 valence electrons. The van der Waals surface area contributed by atoms with E-state index in [9.17, 15) is 13.2 Å². The van der Waals surface area contributed by atoms with E-state index in [0.29, 0.717) is 32.5 Å². The largest absolute Gasteiger partial charge is 0.385 e. The lowest BCUT2D eigenvalue weighted by atomic mass is 9.98. The van der Waals surface area contributed by atoms with Crippen LogP contribution in [0.1, 0.15) is 32.1 Å². The number of rotatable bonds is 8. The molecule has 0 aromatic heterocycles. The quantitative estimate of drug-likeness (QED) is 0.637. The minimum atomic E-state index is -3.19. The lowest BCUT2D eigenvalue weighted by Gasteiger charge is -2.37. The first-order valence-corrected chi connectivity index (χ1v) is 9.24. The van der Waals surface area contributed by atoms with E-state index in [-0.39, 0.29) is 11.9 Å². The summed E-state index contributed by atoms with van der Waals surface area (Å²) in [4.78, 5) is 14.2. The Morgan fingerprint density at radius 1 is 1.48 bits per heavy atom. The summed E-state index contributed by atoms with van der Waals surface area (Å²) in [5, 5.41) is 0. The van der Waals surface area contributed by atoms with Gasteiger partial charge in [0.1, 0.15) is 0 Å². The average Bonchev–Trinajstić information content (AvgIpc) is 2.43. The van der Waals surface area contributed by atoms with Crippen molar-refractivity contribution in [3.63, 3.8) is 0 Å². The van der Waals surface area contributed by atoms with Crippen molar-refractivity contribution >= 4 is 15.9 Å². The first-order valence-electron chi connectivity index (χ1n) is 7.35. The van der Waals surface area contributed by atoms with Gasteiger partial charge in [0.15, 0.2) is 0 Å². The van der Waals surface area contributed by atoms with Crippen LogP contribution >= 0.6 is 0 Å². The normalized spacial score (nSPS) is 21.3. The number of methoxy groups -OCH3 is 1. The summed E-state index contributed by atoms with van der Waals surface area (Å²) >= 11 is 0. The third-order valence-electron chi connectivity index (χ3n) is 3.70. The highest BCUT2D eigenvalue weighted by atomic mass is 32.2. The molecule has 1 amide bonds. The molecule has 8 heteroatoms. The Balaban J connectivity index is 2.53. The molecular weight excluding hydrogens is 294 g/mol. The van der Waals surface area contributed by atoms with Crippen LogP contribution in [-0.4, -0.2) is 64.4 Å². The summed E-state index contributed by atoms with van der Waals surface area (Å²) in [7, 11) is -1.60. The summed E-state index contributed by atoms with van der Waals surface area (Å²) in [6.07, 6.45) is 5.18. The van der Waals surface area contributed by atoms with Gasteiger partial charge in [-0.3, -0.25) is 4.79 Å². The van der Waals surface area contributed by atoms with E-state index in [0.717, 1.165) is 25.5 Å². The van der Waals surface area contributed by atoms with Crippen molar-refractivity contribution in [3.8, 4) is 0 Å². The molecule has 7 nitrogen and oxygen atoms in total. The Kier molecular flexibility index (Phi) is 7.58. The molecule has 1 heterocycles. The fraction of sp³-hybridized carbons (Fsp3) is 0.923. The van der Waals surface area contributed by atoms with Gasteiger partial charge in [-0.05, 0) is 32.1 Å². The van der Waals surface area contributed by atoms with Crippen LogP contribution in [0.5, 0.6) is 0 Å². The van der Waals surface area contributed by atoms with Gasteiger partial charge >= 0.3 is 0 Å². The maximum Gasteiger partial charge on any atom is 0.239 e. The molecule has 0 radical (unpaired) electrons. The van der Waals surface area contributed by atoms with Crippen LogP contribution in [0.25, 0.3) is 0 Å². The maximum atomic E-state index is 12.4. The SMILES string of the molecule is COCCC(N)C(=O)N1CCCCC1CCNS(C)(=O)=O. The van der Waals surface area contributed by atoms with Crippen molar-refractivity contribution in [2.75, 3.05) is 33.1 Å². The van der Waals surface area contributed by atoms with Crippen LogP contribution in [0, 0.1) is 0 Å². The number of hydrogen-bond donors (Lipinski definition) is 2. The molecule has 0 aromatic carbocycles. The maximum absolute atomic E-state index is 12.4. The van der Waals surface area contributed by atoms with Crippen LogP contribution < -0.4 is 10.5 Å². The molecule has 1 aliphatic heterocycles. The Hall–Kier alpha value is -0.700. The van der Waals surface area contributed by atoms with E-state index in [1.807, 2.05) is 4.90 Å². The van der Waals surface area contributed by atoms with Gasteiger partial charge in [-0.25, -0.2) is 13.1 Å². The molecule has 1 rings (SSSR count). The third kappa shape index (κ3) is 6.73. The van der Waals surface area contributed by atoms with Crippen molar-refractivity contribution in [2.24, 2.45) is 5.73 Å². The molecule has 2 unspecified atom stereocenters. The fourth-order valence-corrected chi connectivity index (χ4v) is 3.07. The van der Waals surface area contributed by atoms with E-state index >= 15 is 0 Å². The number of hydrogen-bond acceptors (Lipinski definition) is 5. The van der Waals surface area contributed by atoms with Gasteiger partial charge in [-0.2, -0.15) is 0 Å². The number of sulfonamides is 1. The lowest BCUT2D eigenvalue weighted by Crippen LogP contribution is -2.51. The van der Waals surface area contributed by atoms with Crippen molar-refractivity contribution in [3.05, 3.63) is 0 Å². The van der Waals surface area contributed by atoms with Crippen molar-refractivity contribution in [1.82, 2.24) is 9.62 Å². The van der Waals surface area contributed by atoms with Gasteiger partial charge in [0.05, 0.1) is 12.3 Å². The Morgan fingerprint density at radius 3 is 2.81 bits per heavy atom. The summed E-state index contributed by atoms with van der Waals surface area (Å²) in [6, 6.07) is -0.484. The molecular formula is C13H27N3O4S. The zero-order chi connectivity index (χ0) is 15.9. The summed E-state index contributed by atoms with van der Waals surface area (Å²) < 4.78 is 29.6. The van der Waals surface area contributed by atoms with E-state index in [1.165, 1.54) is 0 Å². The third-order valence-corrected chi connectivity index (χ3v) is 4.43. The van der Waals surface area contributed by atoms with Gasteiger partial charge in [-0.1, -0.05) is 0 Å². The minimum Gasteiger partial charge on any atom is -0.385 e. The monoisotopic (exact) mass is 321 g/mol. The smallest absolute Gasteiger partial charge is 0.239 e. The summed E-state index contributed by atoms with van der Waals surface area (Å²) in [5.74, 6) is -0.0592. The number of nitrogens with two attached hydrogens (primary N) is 1. The van der Waals surface area contributed by atoms with Crippen LogP contribution in [-0.2, 0) is 19.6 Å². The number of ether oxygens (including phenoxy) is 1. The average molecular weight is 321 g/mol. The molecule has 1 fully saturated rings. The molecule has 21 heavy (non-hydrogen) atoms. The predicted molar refractivity (Wildman–Crippen MR) is 81.3 cm³/mol. The number of carbonyl (C=O) groups excluding carboxylic acids is 1. The Morgan fingerprint density at radius 2 is 2.19 bits per heavy atom. The zero-order valence-corrected chi connectivity index (χ0v) is 13.7. The van der Waals surface area contributed by atoms with Gasteiger partial charge in [0.25, 0.3) is 0 Å². The molecule has 2 atom stereocenters. The van der Waals surface area contributed by atoms with Gasteiger partial charge in [0, 0.05) is 32.8 Å². The number of amides is 1. The summed E-state index contributed by atoms with van der Waals surface area (Å²) in [6.45, 7) is 1.50. The topological polar surface area (TPSA) is 102 Å². The number of nitrogens with one attached hydrogen (secondary N) is 1. The lowest BCUT2D eigenvalue weighted by molar-refractivity contribution is -0.136. The fourth-order valence-electron chi connectivity index (χ4n) is 2.58. The van der Waals surface area contributed by atoms with E-state index in [1.54, 1.807) is 7.11 Å². The van der Waals surface area contributed by atoms with Crippen LogP contribution in [0.4, 0.5) is 0 Å². The number of nitrogens with zero attached hydrogens (tertiary/aromatic N) is 1. The van der Waals surface area contributed by atoms with E-state index < -0.39 is 16.1 Å². The molecule has 1 saturated heterocycles. The highest BCUT2D eigenvalue weighted by Gasteiger charge is 2.29. The predicted octanol–water partition coefficient (Wildman–Crippen LogP) is -0.329. The minimum absolute atomic E-state index is 0.0592. The molecule has 1 aliphatic rings. The second-order valence-corrected chi connectivity index (χ2v) is 7.36. The Labute approximate surface area is 127 Å². The highest BCUT2D eigenvalue weighted by molar-refractivity contribution is 7.88. The molecule has 0 saturated carbocycles. The number of carbonyl (C=O) groups is 1. The second kappa shape index (κ2) is 8.67. The molecule has 0 bridgehead atoms. The zero-order valence-electron chi connectivity index (χ0n) is 12.9. The molecule has 0 spiro atoms.